The fourth-order valence-corrected chi connectivity index (χ4v) is 2.08. The third kappa shape index (κ3) is 4.24. The number of rotatable bonds is 7. The third-order valence-corrected chi connectivity index (χ3v) is 3.19. The first-order chi connectivity index (χ1) is 10.2. The summed E-state index contributed by atoms with van der Waals surface area (Å²) in [4.78, 5) is 4.16. The second kappa shape index (κ2) is 7.71. The molecule has 1 aromatic heterocycles. The lowest BCUT2D eigenvalue weighted by molar-refractivity contribution is 0.315. The summed E-state index contributed by atoms with van der Waals surface area (Å²) < 4.78 is 19.3. The first-order valence-corrected chi connectivity index (χ1v) is 7.02. The van der Waals surface area contributed by atoms with Gasteiger partial charge in [-0.1, -0.05) is 25.1 Å². The van der Waals surface area contributed by atoms with Crippen LogP contribution in [0.4, 0.5) is 4.39 Å². The van der Waals surface area contributed by atoms with Gasteiger partial charge in [-0.2, -0.15) is 0 Å². The molecule has 0 bridgehead atoms. The second-order valence-corrected chi connectivity index (χ2v) is 4.82. The predicted octanol–water partition coefficient (Wildman–Crippen LogP) is 2.76. The number of halogens is 1. The van der Waals surface area contributed by atoms with E-state index in [2.05, 4.69) is 10.4 Å². The van der Waals surface area contributed by atoms with Crippen molar-refractivity contribution in [3.63, 3.8) is 0 Å². The van der Waals surface area contributed by atoms with Crippen molar-refractivity contribution in [1.29, 1.82) is 0 Å². The van der Waals surface area contributed by atoms with E-state index in [1.807, 2.05) is 19.1 Å². The van der Waals surface area contributed by atoms with Crippen LogP contribution >= 0.6 is 0 Å². The van der Waals surface area contributed by atoms with Crippen LogP contribution in [0.1, 0.15) is 30.5 Å². The molecule has 3 N–H and O–H groups in total. The molecule has 21 heavy (non-hydrogen) atoms. The van der Waals surface area contributed by atoms with Gasteiger partial charge in [-0.15, -0.1) is 0 Å². The first kappa shape index (κ1) is 15.4. The highest BCUT2D eigenvalue weighted by atomic mass is 19.1. The number of hydrogen-bond acceptors (Lipinski definition) is 4. The van der Waals surface area contributed by atoms with Gasteiger partial charge in [0.15, 0.2) is 0 Å². The monoisotopic (exact) mass is 289 g/mol. The Bertz CT molecular complexity index is 577. The topological polar surface area (TPSA) is 60.2 Å². The van der Waals surface area contributed by atoms with Gasteiger partial charge in [0.2, 0.25) is 0 Å². The molecule has 4 nitrogen and oxygen atoms in total. The Hall–Kier alpha value is -1.98. The molecule has 1 unspecified atom stereocenters. The average molecular weight is 289 g/mol. The van der Waals surface area contributed by atoms with Gasteiger partial charge in [0.05, 0.1) is 18.8 Å². The quantitative estimate of drug-likeness (QED) is 0.608. The van der Waals surface area contributed by atoms with Crippen molar-refractivity contribution >= 4 is 0 Å². The highest BCUT2D eigenvalue weighted by molar-refractivity contribution is 5.28. The molecule has 0 aliphatic heterocycles. The average Bonchev–Trinajstić information content (AvgIpc) is 2.52. The molecule has 0 saturated carbocycles. The molecule has 112 valence electrons. The van der Waals surface area contributed by atoms with E-state index in [0.29, 0.717) is 24.3 Å². The number of nitrogens with one attached hydrogen (secondary N) is 1. The fourth-order valence-electron chi connectivity index (χ4n) is 2.08. The number of hydrogen-bond donors (Lipinski definition) is 2. The van der Waals surface area contributed by atoms with E-state index in [0.717, 1.165) is 12.0 Å². The Morgan fingerprint density at radius 3 is 2.86 bits per heavy atom. The number of benzene rings is 1. The molecule has 0 aliphatic carbocycles. The zero-order valence-electron chi connectivity index (χ0n) is 12.1. The van der Waals surface area contributed by atoms with Crippen LogP contribution in [0.3, 0.4) is 0 Å². The SMILES string of the molecule is CCCOc1cncc(C(Cc2ccccc2F)NN)c1. The summed E-state index contributed by atoms with van der Waals surface area (Å²) >= 11 is 0. The molecule has 0 saturated heterocycles. The molecule has 1 atom stereocenters. The van der Waals surface area contributed by atoms with Crippen LogP contribution in [0.2, 0.25) is 0 Å². The van der Waals surface area contributed by atoms with E-state index in [9.17, 15) is 4.39 Å². The summed E-state index contributed by atoms with van der Waals surface area (Å²) in [5.74, 6) is 6.08. The molecule has 1 heterocycles. The number of nitrogens with two attached hydrogens (primary N) is 1. The number of hydrazine groups is 1. The van der Waals surface area contributed by atoms with Crippen molar-refractivity contribution in [2.75, 3.05) is 6.61 Å². The maximum Gasteiger partial charge on any atom is 0.137 e. The smallest absolute Gasteiger partial charge is 0.137 e. The minimum atomic E-state index is -0.232. The lowest BCUT2D eigenvalue weighted by Crippen LogP contribution is -2.30. The normalized spacial score (nSPS) is 12.1. The predicted molar refractivity (Wildman–Crippen MR) is 80.2 cm³/mol. The Morgan fingerprint density at radius 1 is 1.33 bits per heavy atom. The molecule has 0 aliphatic rings. The standard InChI is InChI=1S/C16H20FN3O/c1-2-7-21-14-8-13(10-19-11-14)16(20-18)9-12-5-3-4-6-15(12)17/h3-6,8,10-11,16,20H,2,7,9,18H2,1H3. The molecule has 0 spiro atoms. The summed E-state index contributed by atoms with van der Waals surface area (Å²) in [7, 11) is 0. The molecule has 0 fully saturated rings. The molecule has 5 heteroatoms. The van der Waals surface area contributed by atoms with Gasteiger partial charge in [-0.25, -0.2) is 4.39 Å². The van der Waals surface area contributed by atoms with Crippen molar-refractivity contribution in [2.45, 2.75) is 25.8 Å². The number of ether oxygens (including phenoxy) is 1. The first-order valence-electron chi connectivity index (χ1n) is 7.02. The Kier molecular flexibility index (Phi) is 5.66. The Balaban J connectivity index is 2.15. The maximum absolute atomic E-state index is 13.7. The molecular formula is C16H20FN3O. The molecule has 1 aromatic carbocycles. The number of aromatic nitrogens is 1. The van der Waals surface area contributed by atoms with Gasteiger partial charge in [0.25, 0.3) is 0 Å². The van der Waals surface area contributed by atoms with Crippen LogP contribution in [0.15, 0.2) is 42.7 Å². The highest BCUT2D eigenvalue weighted by Gasteiger charge is 2.14. The number of nitrogens with zero attached hydrogens (tertiary/aromatic N) is 1. The van der Waals surface area contributed by atoms with Crippen LogP contribution in [-0.2, 0) is 6.42 Å². The van der Waals surface area contributed by atoms with Crippen molar-refractivity contribution in [3.8, 4) is 5.75 Å². The van der Waals surface area contributed by atoms with Gasteiger partial charge in [0.1, 0.15) is 11.6 Å². The summed E-state index contributed by atoms with van der Waals surface area (Å²) in [6, 6.07) is 8.34. The highest BCUT2D eigenvalue weighted by Crippen LogP contribution is 2.22. The van der Waals surface area contributed by atoms with Crippen molar-refractivity contribution in [3.05, 3.63) is 59.7 Å². The lowest BCUT2D eigenvalue weighted by atomic mass is 10.0. The van der Waals surface area contributed by atoms with E-state index in [4.69, 9.17) is 10.6 Å². The molecular weight excluding hydrogens is 269 g/mol. The zero-order chi connectivity index (χ0) is 15.1. The van der Waals surface area contributed by atoms with Gasteiger partial charge in [-0.05, 0) is 36.1 Å². The summed E-state index contributed by atoms with van der Waals surface area (Å²) in [5.41, 5.74) is 4.20. The second-order valence-electron chi connectivity index (χ2n) is 4.82. The fraction of sp³-hybridized carbons (Fsp3) is 0.312. The van der Waals surface area contributed by atoms with Crippen LogP contribution in [0.25, 0.3) is 0 Å². The lowest BCUT2D eigenvalue weighted by Gasteiger charge is -2.17. The van der Waals surface area contributed by atoms with E-state index < -0.39 is 0 Å². The largest absolute Gasteiger partial charge is 0.492 e. The Labute approximate surface area is 124 Å². The maximum atomic E-state index is 13.7. The Morgan fingerprint density at radius 2 is 2.14 bits per heavy atom. The van der Waals surface area contributed by atoms with Crippen LogP contribution in [0.5, 0.6) is 5.75 Å². The van der Waals surface area contributed by atoms with E-state index >= 15 is 0 Å². The van der Waals surface area contributed by atoms with Crippen molar-refractivity contribution < 1.29 is 9.13 Å². The van der Waals surface area contributed by atoms with E-state index in [-0.39, 0.29) is 11.9 Å². The molecule has 2 rings (SSSR count). The number of pyridine rings is 1. The summed E-state index contributed by atoms with van der Waals surface area (Å²) in [6.07, 6.45) is 4.75. The zero-order valence-corrected chi connectivity index (χ0v) is 12.1. The molecule has 0 radical (unpaired) electrons. The summed E-state index contributed by atoms with van der Waals surface area (Å²) in [6.45, 7) is 2.68. The van der Waals surface area contributed by atoms with Crippen LogP contribution in [0, 0.1) is 5.82 Å². The van der Waals surface area contributed by atoms with Gasteiger partial charge < -0.3 is 4.74 Å². The molecule has 0 amide bonds. The van der Waals surface area contributed by atoms with Crippen molar-refractivity contribution in [1.82, 2.24) is 10.4 Å². The third-order valence-electron chi connectivity index (χ3n) is 3.19. The van der Waals surface area contributed by atoms with Crippen LogP contribution in [-0.4, -0.2) is 11.6 Å². The van der Waals surface area contributed by atoms with Gasteiger partial charge >= 0.3 is 0 Å². The minimum Gasteiger partial charge on any atom is -0.492 e. The summed E-state index contributed by atoms with van der Waals surface area (Å²) in [5, 5.41) is 0. The van der Waals surface area contributed by atoms with Gasteiger partial charge in [-0.3, -0.25) is 16.3 Å². The van der Waals surface area contributed by atoms with Crippen LogP contribution < -0.4 is 16.0 Å². The molecule has 2 aromatic rings. The van der Waals surface area contributed by atoms with Gasteiger partial charge in [0, 0.05) is 6.20 Å². The van der Waals surface area contributed by atoms with Crippen molar-refractivity contribution in [2.24, 2.45) is 5.84 Å². The van der Waals surface area contributed by atoms with E-state index in [1.165, 1.54) is 6.07 Å². The minimum absolute atomic E-state index is 0.223. The van der Waals surface area contributed by atoms with E-state index in [1.54, 1.807) is 24.5 Å².